The first kappa shape index (κ1) is 11.9. The standard InChI is InChI=1S/C15H15N3O/c16-12-10-17-13-5-2-1-4-11(13)14(12)15(7-9-19)6-3-8-18-15/h1-6,8,10,19H,7,9,16H2. The molecule has 0 spiro atoms. The molecular weight excluding hydrogens is 238 g/mol. The van der Waals surface area contributed by atoms with Gasteiger partial charge in [0.25, 0.3) is 0 Å². The summed E-state index contributed by atoms with van der Waals surface area (Å²) in [6.45, 7) is 0.0533. The number of aliphatic hydroxyl groups excluding tert-OH is 1. The van der Waals surface area contributed by atoms with E-state index in [0.29, 0.717) is 12.1 Å². The molecular formula is C15H15N3O. The smallest absolute Gasteiger partial charge is 0.109 e. The molecule has 1 unspecified atom stereocenters. The van der Waals surface area contributed by atoms with Gasteiger partial charge in [-0.1, -0.05) is 24.3 Å². The van der Waals surface area contributed by atoms with Gasteiger partial charge >= 0.3 is 0 Å². The van der Waals surface area contributed by atoms with Crippen molar-refractivity contribution < 1.29 is 5.11 Å². The summed E-state index contributed by atoms with van der Waals surface area (Å²) in [6, 6.07) is 7.85. The summed E-state index contributed by atoms with van der Waals surface area (Å²) in [5.74, 6) is 0. The number of allylic oxidation sites excluding steroid dienone is 1. The highest BCUT2D eigenvalue weighted by Gasteiger charge is 2.33. The first-order valence-electron chi connectivity index (χ1n) is 6.24. The van der Waals surface area contributed by atoms with Crippen LogP contribution in [0.1, 0.15) is 12.0 Å². The molecule has 4 nitrogen and oxygen atoms in total. The number of fused-ring (bicyclic) bond motifs is 1. The van der Waals surface area contributed by atoms with Crippen LogP contribution in [0.2, 0.25) is 0 Å². The highest BCUT2D eigenvalue weighted by molar-refractivity contribution is 5.89. The Balaban J connectivity index is 2.32. The number of nitrogens with zero attached hydrogens (tertiary/aromatic N) is 2. The number of nitrogens with two attached hydrogens (primary N) is 1. The van der Waals surface area contributed by atoms with Crippen LogP contribution in [0.3, 0.4) is 0 Å². The molecule has 2 heterocycles. The minimum absolute atomic E-state index is 0.0533. The molecule has 1 atom stereocenters. The molecule has 0 saturated heterocycles. The highest BCUT2D eigenvalue weighted by atomic mass is 16.3. The third-order valence-corrected chi connectivity index (χ3v) is 3.49. The number of aromatic nitrogens is 1. The summed E-state index contributed by atoms with van der Waals surface area (Å²) in [4.78, 5) is 8.87. The monoisotopic (exact) mass is 253 g/mol. The van der Waals surface area contributed by atoms with Gasteiger partial charge in [0.15, 0.2) is 0 Å². The second-order valence-corrected chi connectivity index (χ2v) is 4.64. The van der Waals surface area contributed by atoms with Gasteiger partial charge in [-0.2, -0.15) is 0 Å². The van der Waals surface area contributed by atoms with Crippen molar-refractivity contribution in [2.45, 2.75) is 12.0 Å². The molecule has 4 heteroatoms. The van der Waals surface area contributed by atoms with Gasteiger partial charge in [-0.15, -0.1) is 0 Å². The zero-order valence-corrected chi connectivity index (χ0v) is 10.5. The molecule has 1 aromatic carbocycles. The summed E-state index contributed by atoms with van der Waals surface area (Å²) < 4.78 is 0. The van der Waals surface area contributed by atoms with Crippen LogP contribution in [0.15, 0.2) is 47.6 Å². The highest BCUT2D eigenvalue weighted by Crippen LogP contribution is 2.40. The van der Waals surface area contributed by atoms with Crippen molar-refractivity contribution in [3.63, 3.8) is 0 Å². The Kier molecular flexibility index (Phi) is 2.80. The minimum Gasteiger partial charge on any atom is -0.397 e. The lowest BCUT2D eigenvalue weighted by Crippen LogP contribution is -2.23. The van der Waals surface area contributed by atoms with Gasteiger partial charge in [0.1, 0.15) is 5.54 Å². The topological polar surface area (TPSA) is 71.5 Å². The summed E-state index contributed by atoms with van der Waals surface area (Å²) in [5, 5.41) is 10.3. The third kappa shape index (κ3) is 1.81. The van der Waals surface area contributed by atoms with Gasteiger partial charge in [0.2, 0.25) is 0 Å². The molecule has 1 aliphatic rings. The molecule has 0 aliphatic carbocycles. The number of hydrogen-bond acceptors (Lipinski definition) is 4. The average Bonchev–Trinajstić information content (AvgIpc) is 2.88. The van der Waals surface area contributed by atoms with E-state index in [1.165, 1.54) is 0 Å². The SMILES string of the molecule is Nc1cnc2ccccc2c1C1(CCO)C=CC=N1. The molecule has 3 N–H and O–H groups in total. The summed E-state index contributed by atoms with van der Waals surface area (Å²) in [7, 11) is 0. The molecule has 19 heavy (non-hydrogen) atoms. The van der Waals surface area contributed by atoms with Crippen LogP contribution < -0.4 is 5.73 Å². The van der Waals surface area contributed by atoms with E-state index in [1.54, 1.807) is 12.4 Å². The molecule has 0 amide bonds. The second kappa shape index (κ2) is 4.48. The normalized spacial score (nSPS) is 21.3. The number of hydrogen-bond donors (Lipinski definition) is 2. The van der Waals surface area contributed by atoms with Crippen molar-refractivity contribution in [2.24, 2.45) is 4.99 Å². The van der Waals surface area contributed by atoms with Gasteiger partial charge in [-0.3, -0.25) is 9.98 Å². The van der Waals surface area contributed by atoms with E-state index in [4.69, 9.17) is 5.73 Å². The number of aliphatic imine (C=N–C) groups is 1. The fourth-order valence-corrected chi connectivity index (χ4v) is 2.65. The van der Waals surface area contributed by atoms with Crippen LogP contribution in [0.4, 0.5) is 5.69 Å². The van der Waals surface area contributed by atoms with E-state index >= 15 is 0 Å². The number of para-hydroxylation sites is 1. The van der Waals surface area contributed by atoms with Crippen LogP contribution in [0, 0.1) is 0 Å². The molecule has 3 rings (SSSR count). The fourth-order valence-electron chi connectivity index (χ4n) is 2.65. The maximum absolute atomic E-state index is 9.35. The number of aliphatic hydroxyl groups is 1. The van der Waals surface area contributed by atoms with Crippen LogP contribution in [0.25, 0.3) is 10.9 Å². The molecule has 0 fully saturated rings. The Morgan fingerprint density at radius 1 is 1.26 bits per heavy atom. The quantitative estimate of drug-likeness (QED) is 0.879. The van der Waals surface area contributed by atoms with Gasteiger partial charge in [0.05, 0.1) is 17.4 Å². The van der Waals surface area contributed by atoms with E-state index in [2.05, 4.69) is 9.98 Å². The van der Waals surface area contributed by atoms with Crippen molar-refractivity contribution in [3.8, 4) is 0 Å². The summed E-state index contributed by atoms with van der Waals surface area (Å²) in [6.07, 6.45) is 7.81. The molecule has 2 aromatic rings. The van der Waals surface area contributed by atoms with Crippen molar-refractivity contribution in [1.82, 2.24) is 4.98 Å². The summed E-state index contributed by atoms with van der Waals surface area (Å²) >= 11 is 0. The second-order valence-electron chi connectivity index (χ2n) is 4.64. The van der Waals surface area contributed by atoms with Gasteiger partial charge in [0, 0.05) is 30.2 Å². The van der Waals surface area contributed by atoms with Gasteiger partial charge in [-0.25, -0.2) is 0 Å². The van der Waals surface area contributed by atoms with E-state index in [-0.39, 0.29) is 6.61 Å². The summed E-state index contributed by atoms with van der Waals surface area (Å²) in [5.41, 5.74) is 7.99. The molecule has 1 aromatic heterocycles. The maximum Gasteiger partial charge on any atom is 0.109 e. The molecule has 96 valence electrons. The lowest BCUT2D eigenvalue weighted by atomic mass is 9.85. The largest absolute Gasteiger partial charge is 0.397 e. The maximum atomic E-state index is 9.35. The Bertz CT molecular complexity index is 664. The zero-order valence-electron chi connectivity index (χ0n) is 10.5. The van der Waals surface area contributed by atoms with Gasteiger partial charge < -0.3 is 10.8 Å². The predicted octanol–water partition coefficient (Wildman–Crippen LogP) is 2.04. The van der Waals surface area contributed by atoms with E-state index < -0.39 is 5.54 Å². The number of rotatable bonds is 3. The predicted molar refractivity (Wildman–Crippen MR) is 77.2 cm³/mol. The first-order valence-corrected chi connectivity index (χ1v) is 6.24. The van der Waals surface area contributed by atoms with E-state index in [9.17, 15) is 5.11 Å². The molecule has 0 radical (unpaired) electrons. The van der Waals surface area contributed by atoms with Crippen molar-refractivity contribution in [3.05, 3.63) is 48.2 Å². The Hall–Kier alpha value is -2.20. The lowest BCUT2D eigenvalue weighted by Gasteiger charge is -2.26. The zero-order chi connectivity index (χ0) is 13.3. The minimum atomic E-state index is -0.568. The van der Waals surface area contributed by atoms with E-state index in [1.807, 2.05) is 36.4 Å². The number of pyridine rings is 1. The number of benzene rings is 1. The first-order chi connectivity index (χ1) is 9.27. The average molecular weight is 253 g/mol. The van der Waals surface area contributed by atoms with Crippen molar-refractivity contribution in [1.29, 1.82) is 0 Å². The Morgan fingerprint density at radius 3 is 2.84 bits per heavy atom. The van der Waals surface area contributed by atoms with Crippen molar-refractivity contribution >= 4 is 22.8 Å². The molecule has 0 saturated carbocycles. The van der Waals surface area contributed by atoms with Crippen LogP contribution >= 0.6 is 0 Å². The van der Waals surface area contributed by atoms with E-state index in [0.717, 1.165) is 16.5 Å². The van der Waals surface area contributed by atoms with Crippen molar-refractivity contribution in [2.75, 3.05) is 12.3 Å². The van der Waals surface area contributed by atoms with Crippen LogP contribution in [-0.2, 0) is 5.54 Å². The number of nitrogen functional groups attached to an aromatic ring is 1. The third-order valence-electron chi connectivity index (χ3n) is 3.49. The van der Waals surface area contributed by atoms with Crippen LogP contribution in [-0.4, -0.2) is 22.9 Å². The van der Waals surface area contributed by atoms with Gasteiger partial charge in [-0.05, 0) is 12.1 Å². The Labute approximate surface area is 111 Å². The fraction of sp³-hybridized carbons (Fsp3) is 0.200. The lowest BCUT2D eigenvalue weighted by molar-refractivity contribution is 0.260. The molecule has 1 aliphatic heterocycles. The Morgan fingerprint density at radius 2 is 2.11 bits per heavy atom. The molecule has 0 bridgehead atoms. The van der Waals surface area contributed by atoms with Crippen LogP contribution in [0.5, 0.6) is 0 Å². The number of anilines is 1.